The van der Waals surface area contributed by atoms with Gasteiger partial charge >= 0.3 is 12.4 Å². The summed E-state index contributed by atoms with van der Waals surface area (Å²) in [7, 11) is 0. The third-order valence-corrected chi connectivity index (χ3v) is 8.35. The minimum Gasteiger partial charge on any atom is -0.406 e. The standard InChI is InChI=1S/C34H35F3N6O2S/c1-22(2)30-23(3)8-7-10-29(30)43-24(4)20-46-33(43)40-32(44)38-19-6-5-9-25-11-13-26(14-12-25)31-39-21-42(41-31)27-15-17-28(18-16-27)45-34(35,36)37/h7-8,10-18,20-22H,5-6,9,19H2,1-4H3,(H,38,44)/b40-33-. The Morgan fingerprint density at radius 1 is 1.02 bits per heavy atom. The molecule has 2 amide bonds. The predicted molar refractivity (Wildman–Crippen MR) is 173 cm³/mol. The van der Waals surface area contributed by atoms with Gasteiger partial charge in [0, 0.05) is 23.2 Å². The number of unbranched alkanes of at least 4 members (excludes halogenated alkanes) is 1. The number of rotatable bonds is 10. The Bertz CT molecular complexity index is 1860. The summed E-state index contributed by atoms with van der Waals surface area (Å²) in [5, 5.41) is 9.39. The van der Waals surface area contributed by atoms with E-state index in [4.69, 9.17) is 0 Å². The molecule has 5 rings (SSSR count). The van der Waals surface area contributed by atoms with Crippen molar-refractivity contribution < 1.29 is 22.7 Å². The number of ether oxygens (including phenoxy) is 1. The lowest BCUT2D eigenvalue weighted by Crippen LogP contribution is -2.25. The fourth-order valence-electron chi connectivity index (χ4n) is 5.29. The summed E-state index contributed by atoms with van der Waals surface area (Å²) < 4.78 is 44.7. The van der Waals surface area contributed by atoms with Crippen molar-refractivity contribution in [1.82, 2.24) is 24.6 Å². The SMILES string of the molecule is Cc1cccc(-n2c(C)cs/c2=N\C(=O)NCCCCc2ccc(-c3ncn(-c4ccc(OC(F)(F)F)cc4)n3)cc2)c1C(C)C. The molecular weight excluding hydrogens is 613 g/mol. The van der Waals surface area contributed by atoms with Gasteiger partial charge in [-0.3, -0.25) is 4.57 Å². The van der Waals surface area contributed by atoms with Crippen molar-refractivity contribution in [2.24, 2.45) is 4.99 Å². The van der Waals surface area contributed by atoms with E-state index >= 15 is 0 Å². The quantitative estimate of drug-likeness (QED) is 0.155. The van der Waals surface area contributed by atoms with Crippen LogP contribution >= 0.6 is 11.3 Å². The van der Waals surface area contributed by atoms with E-state index in [1.54, 1.807) is 0 Å². The van der Waals surface area contributed by atoms with Crippen LogP contribution in [0.2, 0.25) is 0 Å². The number of aryl methyl sites for hydroxylation is 3. The van der Waals surface area contributed by atoms with Crippen LogP contribution in [-0.2, 0) is 6.42 Å². The lowest BCUT2D eigenvalue weighted by atomic mass is 9.96. The number of halogens is 3. The van der Waals surface area contributed by atoms with E-state index in [1.807, 2.05) is 42.6 Å². The average molecular weight is 649 g/mol. The summed E-state index contributed by atoms with van der Waals surface area (Å²) in [6.45, 7) is 9.01. The smallest absolute Gasteiger partial charge is 0.406 e. The van der Waals surface area contributed by atoms with Gasteiger partial charge in [-0.15, -0.1) is 29.6 Å². The Morgan fingerprint density at radius 2 is 1.76 bits per heavy atom. The first-order chi connectivity index (χ1) is 22.0. The van der Waals surface area contributed by atoms with Gasteiger partial charge in [-0.25, -0.2) is 14.5 Å². The Labute approximate surface area is 269 Å². The number of aromatic nitrogens is 4. The monoisotopic (exact) mass is 648 g/mol. The topological polar surface area (TPSA) is 86.3 Å². The number of alkyl halides is 3. The second-order valence-electron chi connectivity index (χ2n) is 11.2. The molecule has 1 N–H and O–H groups in total. The molecule has 0 aliphatic carbocycles. The molecule has 5 aromatic rings. The van der Waals surface area contributed by atoms with Crippen LogP contribution < -0.4 is 14.9 Å². The molecule has 12 heteroatoms. The maximum absolute atomic E-state index is 12.7. The van der Waals surface area contributed by atoms with Gasteiger partial charge in [0.1, 0.15) is 12.1 Å². The number of thiazole rings is 1. The first kappa shape index (κ1) is 32.7. The first-order valence-electron chi connectivity index (χ1n) is 15.0. The molecule has 0 spiro atoms. The van der Waals surface area contributed by atoms with Gasteiger partial charge in [0.15, 0.2) is 10.6 Å². The van der Waals surface area contributed by atoms with Gasteiger partial charge < -0.3 is 10.1 Å². The number of hydrogen-bond acceptors (Lipinski definition) is 5. The van der Waals surface area contributed by atoms with Crippen LogP contribution in [0.4, 0.5) is 18.0 Å². The lowest BCUT2D eigenvalue weighted by Gasteiger charge is -2.17. The molecule has 2 heterocycles. The van der Waals surface area contributed by atoms with Gasteiger partial charge in [-0.2, -0.15) is 4.99 Å². The second-order valence-corrected chi connectivity index (χ2v) is 12.0. The van der Waals surface area contributed by atoms with E-state index in [0.29, 0.717) is 28.8 Å². The number of hydrogen-bond donors (Lipinski definition) is 1. The number of amides is 2. The molecule has 240 valence electrons. The summed E-state index contributed by atoms with van der Waals surface area (Å²) in [5.41, 5.74) is 7.08. The Hall–Kier alpha value is -4.71. The minimum atomic E-state index is -4.74. The summed E-state index contributed by atoms with van der Waals surface area (Å²) in [4.78, 5) is 22.1. The van der Waals surface area contributed by atoms with Crippen LogP contribution in [-0.4, -0.2) is 38.3 Å². The van der Waals surface area contributed by atoms with Crippen LogP contribution in [0.3, 0.4) is 0 Å². The molecule has 0 aliphatic rings. The molecule has 0 saturated heterocycles. The number of urea groups is 1. The summed E-state index contributed by atoms with van der Waals surface area (Å²) in [6, 6.07) is 19.2. The van der Waals surface area contributed by atoms with Crippen LogP contribution in [0.25, 0.3) is 22.8 Å². The van der Waals surface area contributed by atoms with E-state index in [9.17, 15) is 18.0 Å². The fourth-order valence-corrected chi connectivity index (χ4v) is 6.16. The molecule has 0 unspecified atom stereocenters. The summed E-state index contributed by atoms with van der Waals surface area (Å²) in [5.74, 6) is 0.532. The van der Waals surface area contributed by atoms with Gasteiger partial charge in [0.05, 0.1) is 11.4 Å². The van der Waals surface area contributed by atoms with E-state index in [2.05, 4.69) is 62.6 Å². The summed E-state index contributed by atoms with van der Waals surface area (Å²) in [6.07, 6.45) is -0.695. The molecule has 0 fully saturated rings. The van der Waals surface area contributed by atoms with E-state index in [0.717, 1.165) is 41.8 Å². The molecule has 0 atom stereocenters. The van der Waals surface area contributed by atoms with Crippen molar-refractivity contribution >= 4 is 17.4 Å². The van der Waals surface area contributed by atoms with E-state index in [-0.39, 0.29) is 11.8 Å². The number of carbonyl (C=O) groups excluding carboxylic acids is 1. The highest BCUT2D eigenvalue weighted by Gasteiger charge is 2.31. The highest BCUT2D eigenvalue weighted by atomic mass is 32.1. The third kappa shape index (κ3) is 8.11. The molecule has 0 aliphatic heterocycles. The Kier molecular flexibility index (Phi) is 10.1. The average Bonchev–Trinajstić information content (AvgIpc) is 3.63. The largest absolute Gasteiger partial charge is 0.573 e. The minimum absolute atomic E-state index is 0.301. The molecule has 46 heavy (non-hydrogen) atoms. The van der Waals surface area contributed by atoms with Crippen molar-refractivity contribution in [3.8, 4) is 28.5 Å². The van der Waals surface area contributed by atoms with Crippen LogP contribution in [0.1, 0.15) is 55.0 Å². The van der Waals surface area contributed by atoms with Gasteiger partial charge in [-0.05, 0) is 86.1 Å². The lowest BCUT2D eigenvalue weighted by molar-refractivity contribution is -0.274. The first-order valence-corrected chi connectivity index (χ1v) is 15.8. The molecule has 0 bridgehead atoms. The Morgan fingerprint density at radius 3 is 2.46 bits per heavy atom. The van der Waals surface area contributed by atoms with Crippen LogP contribution in [0.15, 0.2) is 83.4 Å². The van der Waals surface area contributed by atoms with Crippen molar-refractivity contribution in [2.75, 3.05) is 6.54 Å². The van der Waals surface area contributed by atoms with Gasteiger partial charge in [0.25, 0.3) is 0 Å². The second kappa shape index (κ2) is 14.2. The normalized spacial score (nSPS) is 12.1. The summed E-state index contributed by atoms with van der Waals surface area (Å²) >= 11 is 1.45. The van der Waals surface area contributed by atoms with Gasteiger partial charge in [0.2, 0.25) is 0 Å². The molecule has 0 radical (unpaired) electrons. The van der Waals surface area contributed by atoms with Crippen molar-refractivity contribution in [3.63, 3.8) is 0 Å². The van der Waals surface area contributed by atoms with E-state index in [1.165, 1.54) is 57.7 Å². The van der Waals surface area contributed by atoms with Gasteiger partial charge in [-0.1, -0.05) is 50.2 Å². The van der Waals surface area contributed by atoms with Crippen molar-refractivity contribution in [2.45, 2.75) is 59.2 Å². The zero-order valence-corrected chi connectivity index (χ0v) is 26.8. The van der Waals surface area contributed by atoms with Crippen molar-refractivity contribution in [3.05, 3.63) is 106 Å². The highest BCUT2D eigenvalue weighted by molar-refractivity contribution is 7.07. The molecule has 3 aromatic carbocycles. The van der Waals surface area contributed by atoms with Crippen molar-refractivity contribution in [1.29, 1.82) is 0 Å². The molecule has 0 saturated carbocycles. The number of nitrogens with one attached hydrogen (secondary N) is 1. The fraction of sp³-hybridized carbons (Fsp3) is 0.294. The molecular formula is C34H35F3N6O2S. The Balaban J connectivity index is 1.12. The number of benzene rings is 3. The van der Waals surface area contributed by atoms with Crippen LogP contribution in [0, 0.1) is 13.8 Å². The zero-order valence-electron chi connectivity index (χ0n) is 26.0. The molecule has 8 nitrogen and oxygen atoms in total. The highest BCUT2D eigenvalue weighted by Crippen LogP contribution is 2.27. The zero-order chi connectivity index (χ0) is 32.8. The van der Waals surface area contributed by atoms with Crippen LogP contribution in [0.5, 0.6) is 5.75 Å². The molecule has 2 aromatic heterocycles. The predicted octanol–water partition coefficient (Wildman–Crippen LogP) is 8.06. The maximum Gasteiger partial charge on any atom is 0.573 e. The maximum atomic E-state index is 12.7. The number of nitrogens with zero attached hydrogens (tertiary/aromatic N) is 5. The third-order valence-electron chi connectivity index (χ3n) is 7.40. The number of carbonyl (C=O) groups is 1. The van der Waals surface area contributed by atoms with E-state index < -0.39 is 6.36 Å².